The number of carbonyl (C=O) groups excluding carboxylic acids is 3. The molecular weight excluding hydrogens is 518 g/mol. The van der Waals surface area contributed by atoms with Gasteiger partial charge >= 0.3 is 6.03 Å². The molecule has 2 N–H and O–H groups in total. The van der Waals surface area contributed by atoms with Gasteiger partial charge in [-0.15, -0.1) is 0 Å². The quantitative estimate of drug-likeness (QED) is 0.223. The van der Waals surface area contributed by atoms with Gasteiger partial charge in [-0.2, -0.15) is 0 Å². The number of rotatable bonds is 8. The predicted octanol–water partition coefficient (Wildman–Crippen LogP) is 5.61. The number of halogens is 1. The van der Waals surface area contributed by atoms with Gasteiger partial charge in [0, 0.05) is 16.1 Å². The van der Waals surface area contributed by atoms with Crippen LogP contribution in [0, 0.1) is 0 Å². The molecule has 39 heavy (non-hydrogen) atoms. The maximum atomic E-state index is 13.2. The van der Waals surface area contributed by atoms with Crippen molar-refractivity contribution in [2.45, 2.75) is 6.61 Å². The molecule has 0 atom stereocenters. The number of methoxy groups -OCH3 is 1. The zero-order valence-electron chi connectivity index (χ0n) is 20.9. The number of fused-ring (bicyclic) bond motifs is 1. The summed E-state index contributed by atoms with van der Waals surface area (Å²) in [5, 5.41) is 7.60. The van der Waals surface area contributed by atoms with Crippen molar-refractivity contribution in [3.63, 3.8) is 0 Å². The highest BCUT2D eigenvalue weighted by atomic mass is 35.5. The minimum Gasteiger partial charge on any atom is -0.495 e. The van der Waals surface area contributed by atoms with E-state index in [-0.39, 0.29) is 12.3 Å². The van der Waals surface area contributed by atoms with Crippen molar-refractivity contribution in [3.05, 3.63) is 107 Å². The molecule has 9 heteroatoms. The normalized spacial score (nSPS) is 14.0. The second kappa shape index (κ2) is 11.3. The third kappa shape index (κ3) is 5.56. The van der Waals surface area contributed by atoms with Crippen molar-refractivity contribution in [1.29, 1.82) is 0 Å². The fourth-order valence-electron chi connectivity index (χ4n) is 4.26. The third-order valence-electron chi connectivity index (χ3n) is 6.21. The molecule has 0 radical (unpaired) electrons. The number of amides is 4. The number of nitrogens with zero attached hydrogens (tertiary/aromatic N) is 1. The number of anilines is 1. The zero-order chi connectivity index (χ0) is 27.4. The van der Waals surface area contributed by atoms with Crippen LogP contribution in [-0.2, 0) is 16.2 Å². The highest BCUT2D eigenvalue weighted by Gasteiger charge is 2.35. The number of ether oxygens (including phenoxy) is 2. The summed E-state index contributed by atoms with van der Waals surface area (Å²) in [5.74, 6) is -0.196. The van der Waals surface area contributed by atoms with Gasteiger partial charge in [0.15, 0.2) is 0 Å². The largest absolute Gasteiger partial charge is 0.495 e. The summed E-state index contributed by atoms with van der Waals surface area (Å²) in [6.07, 6.45) is 1.57. The molecule has 1 aliphatic rings. The molecular formula is C30H24ClN3O5. The molecule has 0 bridgehead atoms. The number of carbonyl (C=O) groups is 3. The molecule has 1 aliphatic heterocycles. The molecule has 0 saturated carbocycles. The highest BCUT2D eigenvalue weighted by molar-refractivity contribution is 6.31. The third-order valence-corrected chi connectivity index (χ3v) is 6.57. The Hall–Kier alpha value is -4.82. The first kappa shape index (κ1) is 25.8. The van der Waals surface area contributed by atoms with Gasteiger partial charge in [0.25, 0.3) is 5.91 Å². The van der Waals surface area contributed by atoms with Crippen molar-refractivity contribution in [1.82, 2.24) is 10.2 Å². The molecule has 0 aliphatic carbocycles. The fraction of sp³-hybridized carbons (Fsp3) is 0.100. The summed E-state index contributed by atoms with van der Waals surface area (Å²) in [7, 11) is 1.49. The first-order valence-electron chi connectivity index (χ1n) is 12.1. The molecule has 0 aromatic heterocycles. The van der Waals surface area contributed by atoms with Crippen molar-refractivity contribution in [3.8, 4) is 11.5 Å². The summed E-state index contributed by atoms with van der Waals surface area (Å²) < 4.78 is 11.4. The van der Waals surface area contributed by atoms with Gasteiger partial charge in [-0.1, -0.05) is 72.3 Å². The summed E-state index contributed by atoms with van der Waals surface area (Å²) in [6.45, 7) is -0.255. The number of hydrogen-bond donors (Lipinski definition) is 2. The second-order valence-electron chi connectivity index (χ2n) is 8.71. The molecule has 196 valence electrons. The average Bonchev–Trinajstić information content (AvgIpc) is 3.20. The van der Waals surface area contributed by atoms with Crippen LogP contribution in [0.15, 0.2) is 90.6 Å². The van der Waals surface area contributed by atoms with E-state index in [1.165, 1.54) is 7.11 Å². The van der Waals surface area contributed by atoms with Crippen LogP contribution in [0.3, 0.4) is 0 Å². The van der Waals surface area contributed by atoms with Crippen LogP contribution in [0.1, 0.15) is 11.1 Å². The van der Waals surface area contributed by atoms with E-state index in [1.54, 1.807) is 36.4 Å². The van der Waals surface area contributed by atoms with Crippen LogP contribution in [-0.4, -0.2) is 36.4 Å². The van der Waals surface area contributed by atoms with E-state index < -0.39 is 24.4 Å². The Morgan fingerprint density at radius 1 is 0.949 bits per heavy atom. The summed E-state index contributed by atoms with van der Waals surface area (Å²) >= 11 is 6.29. The van der Waals surface area contributed by atoms with Crippen molar-refractivity contribution in [2.75, 3.05) is 19.0 Å². The minimum absolute atomic E-state index is 0.0315. The standard InChI is InChI=1S/C30H24ClN3O5/c1-38-27-13-7-6-12-24(27)32-28(35)17-34-29(36)25(33-30(34)37)16-22-21-10-4-2-8-19(21)14-15-26(22)39-18-20-9-3-5-11-23(20)31/h2-16H,17-18H2,1H3,(H,32,35)(H,33,37)/b25-16+. The molecule has 4 aromatic carbocycles. The van der Waals surface area contributed by atoms with E-state index in [2.05, 4.69) is 10.6 Å². The van der Waals surface area contributed by atoms with Gasteiger partial charge in [0.2, 0.25) is 5.91 Å². The van der Waals surface area contributed by atoms with E-state index in [0.717, 1.165) is 21.2 Å². The van der Waals surface area contributed by atoms with Crippen molar-refractivity contribution in [2.24, 2.45) is 0 Å². The van der Waals surface area contributed by atoms with Gasteiger partial charge in [0.1, 0.15) is 30.3 Å². The van der Waals surface area contributed by atoms with E-state index >= 15 is 0 Å². The lowest BCUT2D eigenvalue weighted by atomic mass is 10.0. The smallest absolute Gasteiger partial charge is 0.329 e. The van der Waals surface area contributed by atoms with Gasteiger partial charge in [0.05, 0.1) is 12.8 Å². The number of urea groups is 1. The Morgan fingerprint density at radius 2 is 1.69 bits per heavy atom. The van der Waals surface area contributed by atoms with E-state index in [1.807, 2.05) is 54.6 Å². The van der Waals surface area contributed by atoms with Crippen LogP contribution in [0.2, 0.25) is 5.02 Å². The Bertz CT molecular complexity index is 1620. The van der Waals surface area contributed by atoms with Crippen LogP contribution >= 0.6 is 11.6 Å². The Labute approximate surface area is 229 Å². The Kier molecular flexibility index (Phi) is 7.47. The molecule has 1 heterocycles. The number of nitrogens with one attached hydrogen (secondary N) is 2. The Balaban J connectivity index is 1.40. The van der Waals surface area contributed by atoms with E-state index in [9.17, 15) is 14.4 Å². The van der Waals surface area contributed by atoms with Crippen LogP contribution in [0.5, 0.6) is 11.5 Å². The number of imide groups is 1. The average molecular weight is 542 g/mol. The fourth-order valence-corrected chi connectivity index (χ4v) is 4.45. The first-order chi connectivity index (χ1) is 18.9. The SMILES string of the molecule is COc1ccccc1NC(=O)CN1C(=O)N/C(=C/c2c(OCc3ccccc3Cl)ccc3ccccc23)C1=O. The molecule has 5 rings (SSSR count). The molecule has 8 nitrogen and oxygen atoms in total. The van der Waals surface area contributed by atoms with E-state index in [0.29, 0.717) is 27.8 Å². The van der Waals surface area contributed by atoms with Crippen LogP contribution in [0.25, 0.3) is 16.8 Å². The molecule has 4 aromatic rings. The second-order valence-corrected chi connectivity index (χ2v) is 9.11. The lowest BCUT2D eigenvalue weighted by Crippen LogP contribution is -2.38. The maximum Gasteiger partial charge on any atom is 0.329 e. The molecule has 0 spiro atoms. The highest BCUT2D eigenvalue weighted by Crippen LogP contribution is 2.32. The Morgan fingerprint density at radius 3 is 2.51 bits per heavy atom. The van der Waals surface area contributed by atoms with Crippen molar-refractivity contribution >= 4 is 52.0 Å². The van der Waals surface area contributed by atoms with Gasteiger partial charge < -0.3 is 20.1 Å². The minimum atomic E-state index is -0.694. The molecule has 1 fully saturated rings. The summed E-state index contributed by atoms with van der Waals surface area (Å²) in [6, 6.07) is 24.9. The van der Waals surface area contributed by atoms with Gasteiger partial charge in [-0.3, -0.25) is 9.59 Å². The van der Waals surface area contributed by atoms with E-state index in [4.69, 9.17) is 21.1 Å². The topological polar surface area (TPSA) is 97.0 Å². The van der Waals surface area contributed by atoms with Crippen LogP contribution < -0.4 is 20.1 Å². The van der Waals surface area contributed by atoms with Gasteiger partial charge in [-0.05, 0) is 41.1 Å². The monoisotopic (exact) mass is 541 g/mol. The first-order valence-corrected chi connectivity index (χ1v) is 12.5. The molecule has 4 amide bonds. The number of para-hydroxylation sites is 2. The summed E-state index contributed by atoms with van der Waals surface area (Å²) in [5.41, 5.74) is 1.89. The zero-order valence-corrected chi connectivity index (χ0v) is 21.7. The lowest BCUT2D eigenvalue weighted by molar-refractivity contribution is -0.127. The van der Waals surface area contributed by atoms with Crippen molar-refractivity contribution < 1.29 is 23.9 Å². The lowest BCUT2D eigenvalue weighted by Gasteiger charge is -2.14. The van der Waals surface area contributed by atoms with Crippen LogP contribution in [0.4, 0.5) is 10.5 Å². The number of benzene rings is 4. The maximum absolute atomic E-state index is 13.2. The summed E-state index contributed by atoms with van der Waals surface area (Å²) in [4.78, 5) is 39.4. The molecule has 0 unspecified atom stereocenters. The predicted molar refractivity (Wildman–Crippen MR) is 150 cm³/mol. The van der Waals surface area contributed by atoms with Gasteiger partial charge in [-0.25, -0.2) is 9.69 Å². The molecule has 1 saturated heterocycles. The number of hydrogen-bond acceptors (Lipinski definition) is 5.